The minimum atomic E-state index is 0.254. The lowest BCUT2D eigenvalue weighted by Gasteiger charge is -2.19. The number of hydrogen-bond acceptors (Lipinski definition) is 4. The van der Waals surface area contributed by atoms with Gasteiger partial charge in [0.25, 0.3) is 0 Å². The van der Waals surface area contributed by atoms with Crippen LogP contribution < -0.4 is 0 Å². The van der Waals surface area contributed by atoms with Gasteiger partial charge in [-0.1, -0.05) is 36.6 Å². The first kappa shape index (κ1) is 20.6. The van der Waals surface area contributed by atoms with E-state index in [1.807, 2.05) is 42.1 Å². The van der Waals surface area contributed by atoms with E-state index < -0.39 is 0 Å². The Labute approximate surface area is 181 Å². The summed E-state index contributed by atoms with van der Waals surface area (Å²) in [6.45, 7) is 3.58. The molecule has 0 amide bonds. The van der Waals surface area contributed by atoms with Gasteiger partial charge in [0, 0.05) is 29.4 Å². The van der Waals surface area contributed by atoms with E-state index in [1.165, 1.54) is 38.8 Å². The number of rotatable bonds is 7. The maximum absolute atomic E-state index is 12.8. The van der Waals surface area contributed by atoms with Crippen LogP contribution in [0.2, 0.25) is 5.02 Å². The standard InChI is InChI=1S/C23H28ClN3OS/c1-26-23-19(22(25-26)17-9-11-18(24)12-10-17)16-21(29-23)20(28)8-4-7-15-27-13-5-2-3-6-14-27/h9-12,16H,2-8,13-15H2,1H3. The molecule has 4 rings (SSSR count). The van der Waals surface area contributed by atoms with Gasteiger partial charge in [-0.25, -0.2) is 0 Å². The summed E-state index contributed by atoms with van der Waals surface area (Å²) in [6, 6.07) is 9.73. The highest BCUT2D eigenvalue weighted by atomic mass is 35.5. The zero-order valence-electron chi connectivity index (χ0n) is 17.0. The fraction of sp³-hybridized carbons (Fsp3) is 0.478. The van der Waals surface area contributed by atoms with Crippen molar-refractivity contribution in [1.29, 1.82) is 0 Å². The van der Waals surface area contributed by atoms with Gasteiger partial charge in [-0.15, -0.1) is 11.3 Å². The maximum atomic E-state index is 12.8. The van der Waals surface area contributed by atoms with E-state index in [9.17, 15) is 4.79 Å². The molecule has 3 aromatic rings. The first-order valence-corrected chi connectivity index (χ1v) is 11.8. The van der Waals surface area contributed by atoms with Crippen molar-refractivity contribution in [2.45, 2.75) is 44.9 Å². The molecule has 0 aliphatic carbocycles. The Morgan fingerprint density at radius 3 is 2.55 bits per heavy atom. The molecule has 1 aromatic carbocycles. The van der Waals surface area contributed by atoms with E-state index in [2.05, 4.69) is 10.00 Å². The zero-order valence-corrected chi connectivity index (χ0v) is 18.6. The summed E-state index contributed by atoms with van der Waals surface area (Å²) in [6.07, 6.45) is 8.08. The molecule has 2 aromatic heterocycles. The summed E-state index contributed by atoms with van der Waals surface area (Å²) < 4.78 is 1.88. The SMILES string of the molecule is Cn1nc(-c2ccc(Cl)cc2)c2cc(C(=O)CCCCN3CCCCCC3)sc21. The van der Waals surface area contributed by atoms with Crippen molar-refractivity contribution in [3.63, 3.8) is 0 Å². The largest absolute Gasteiger partial charge is 0.303 e. The second kappa shape index (κ2) is 9.41. The van der Waals surface area contributed by atoms with Crippen LogP contribution in [0.15, 0.2) is 30.3 Å². The monoisotopic (exact) mass is 429 g/mol. The van der Waals surface area contributed by atoms with E-state index in [4.69, 9.17) is 11.6 Å². The highest BCUT2D eigenvalue weighted by Crippen LogP contribution is 2.34. The van der Waals surface area contributed by atoms with E-state index in [0.717, 1.165) is 45.7 Å². The Hall–Kier alpha value is -1.69. The molecule has 6 heteroatoms. The van der Waals surface area contributed by atoms with Crippen LogP contribution in [0.4, 0.5) is 0 Å². The highest BCUT2D eigenvalue weighted by molar-refractivity contribution is 7.20. The minimum Gasteiger partial charge on any atom is -0.303 e. The van der Waals surface area contributed by atoms with Crippen LogP contribution in [0.3, 0.4) is 0 Å². The molecule has 0 unspecified atom stereocenters. The number of Topliss-reactive ketones (excluding diaryl/α,β-unsaturated/α-hetero) is 1. The topological polar surface area (TPSA) is 38.1 Å². The molecule has 0 N–H and O–H groups in total. The van der Waals surface area contributed by atoms with Gasteiger partial charge >= 0.3 is 0 Å². The fourth-order valence-corrected chi connectivity index (χ4v) is 5.27. The first-order chi connectivity index (χ1) is 14.1. The molecule has 3 heterocycles. The highest BCUT2D eigenvalue weighted by Gasteiger charge is 2.18. The lowest BCUT2D eigenvalue weighted by molar-refractivity contribution is 0.0982. The number of hydrogen-bond donors (Lipinski definition) is 0. The summed E-state index contributed by atoms with van der Waals surface area (Å²) >= 11 is 7.57. The maximum Gasteiger partial charge on any atom is 0.172 e. The molecule has 0 saturated carbocycles. The van der Waals surface area contributed by atoms with Crippen LogP contribution in [0, 0.1) is 0 Å². The normalized spacial score (nSPS) is 15.7. The number of carbonyl (C=O) groups is 1. The number of aryl methyl sites for hydroxylation is 1. The molecule has 0 atom stereocenters. The molecule has 29 heavy (non-hydrogen) atoms. The summed E-state index contributed by atoms with van der Waals surface area (Å²) in [5.41, 5.74) is 1.94. The third kappa shape index (κ3) is 4.90. The zero-order chi connectivity index (χ0) is 20.2. The van der Waals surface area contributed by atoms with Crippen molar-refractivity contribution in [3.05, 3.63) is 40.2 Å². The Balaban J connectivity index is 1.39. The van der Waals surface area contributed by atoms with Crippen LogP contribution in [0.5, 0.6) is 0 Å². The van der Waals surface area contributed by atoms with Crippen molar-refractivity contribution >= 4 is 38.9 Å². The van der Waals surface area contributed by atoms with Crippen LogP contribution in [0.25, 0.3) is 21.5 Å². The van der Waals surface area contributed by atoms with E-state index in [-0.39, 0.29) is 5.78 Å². The van der Waals surface area contributed by atoms with Crippen LogP contribution >= 0.6 is 22.9 Å². The molecule has 0 bridgehead atoms. The van der Waals surface area contributed by atoms with E-state index >= 15 is 0 Å². The number of halogens is 1. The first-order valence-electron chi connectivity index (χ1n) is 10.6. The lowest BCUT2D eigenvalue weighted by Crippen LogP contribution is -2.25. The summed E-state index contributed by atoms with van der Waals surface area (Å²) in [4.78, 5) is 17.2. The van der Waals surface area contributed by atoms with Crippen molar-refractivity contribution in [1.82, 2.24) is 14.7 Å². The quantitative estimate of drug-likeness (QED) is 0.332. The number of thiophene rings is 1. The Kier molecular flexibility index (Phi) is 6.68. The van der Waals surface area contributed by atoms with Gasteiger partial charge in [0.2, 0.25) is 0 Å². The smallest absolute Gasteiger partial charge is 0.172 e. The molecular formula is C23H28ClN3OS. The second-order valence-electron chi connectivity index (χ2n) is 7.94. The summed E-state index contributed by atoms with van der Waals surface area (Å²) in [5, 5.41) is 6.41. The van der Waals surface area contributed by atoms with Crippen molar-refractivity contribution < 1.29 is 4.79 Å². The third-order valence-electron chi connectivity index (χ3n) is 5.73. The number of nitrogens with zero attached hydrogens (tertiary/aromatic N) is 3. The Morgan fingerprint density at radius 1 is 1.10 bits per heavy atom. The van der Waals surface area contributed by atoms with Crippen molar-refractivity contribution in [2.75, 3.05) is 19.6 Å². The van der Waals surface area contributed by atoms with Gasteiger partial charge < -0.3 is 4.90 Å². The fourth-order valence-electron chi connectivity index (χ4n) is 4.10. The predicted octanol–water partition coefficient (Wildman–Crippen LogP) is 6.18. The van der Waals surface area contributed by atoms with Gasteiger partial charge in [0.15, 0.2) is 5.78 Å². The lowest BCUT2D eigenvalue weighted by atomic mass is 10.1. The Bertz CT molecular complexity index is 968. The number of likely N-dealkylation sites (tertiary alicyclic amines) is 1. The summed E-state index contributed by atoms with van der Waals surface area (Å²) in [7, 11) is 1.94. The molecule has 4 nitrogen and oxygen atoms in total. The Morgan fingerprint density at radius 2 is 1.83 bits per heavy atom. The van der Waals surface area contributed by atoms with Gasteiger partial charge in [-0.2, -0.15) is 5.10 Å². The van der Waals surface area contributed by atoms with Gasteiger partial charge in [-0.3, -0.25) is 9.48 Å². The number of carbonyl (C=O) groups excluding carboxylic acids is 1. The molecule has 1 aliphatic heterocycles. The molecular weight excluding hydrogens is 402 g/mol. The molecule has 1 fully saturated rings. The van der Waals surface area contributed by atoms with E-state index in [0.29, 0.717) is 11.4 Å². The molecule has 0 spiro atoms. The van der Waals surface area contributed by atoms with E-state index in [1.54, 1.807) is 11.3 Å². The van der Waals surface area contributed by atoms with Crippen molar-refractivity contribution in [2.24, 2.45) is 7.05 Å². The molecule has 1 aliphatic rings. The minimum absolute atomic E-state index is 0.254. The van der Waals surface area contributed by atoms with Crippen LogP contribution in [0.1, 0.15) is 54.6 Å². The molecule has 154 valence electrons. The van der Waals surface area contributed by atoms with Gasteiger partial charge in [0.05, 0.1) is 4.88 Å². The number of benzene rings is 1. The number of aromatic nitrogens is 2. The second-order valence-corrected chi connectivity index (χ2v) is 9.41. The molecule has 1 saturated heterocycles. The number of ketones is 1. The molecule has 0 radical (unpaired) electrons. The van der Waals surface area contributed by atoms with Crippen LogP contribution in [-0.4, -0.2) is 40.1 Å². The average molecular weight is 430 g/mol. The van der Waals surface area contributed by atoms with Gasteiger partial charge in [-0.05, 0) is 63.5 Å². The van der Waals surface area contributed by atoms with Crippen LogP contribution in [-0.2, 0) is 7.05 Å². The van der Waals surface area contributed by atoms with Gasteiger partial charge in [0.1, 0.15) is 10.5 Å². The number of unbranched alkanes of at least 4 members (excludes halogenated alkanes) is 1. The third-order valence-corrected chi connectivity index (χ3v) is 7.23. The summed E-state index contributed by atoms with van der Waals surface area (Å²) in [5.74, 6) is 0.254. The number of fused-ring (bicyclic) bond motifs is 1. The average Bonchev–Trinajstić information content (AvgIpc) is 3.17. The van der Waals surface area contributed by atoms with Crippen molar-refractivity contribution in [3.8, 4) is 11.3 Å². The predicted molar refractivity (Wildman–Crippen MR) is 122 cm³/mol.